The lowest BCUT2D eigenvalue weighted by molar-refractivity contribution is 0.244. The van der Waals surface area contributed by atoms with Crippen LogP contribution in [0.5, 0.6) is 0 Å². The molecule has 24 heavy (non-hydrogen) atoms. The molecule has 1 atom stereocenters. The molecule has 0 saturated heterocycles. The Labute approximate surface area is 143 Å². The van der Waals surface area contributed by atoms with Crippen LogP contribution in [0, 0.1) is 0 Å². The molecule has 5 heteroatoms. The molecule has 128 valence electrons. The van der Waals surface area contributed by atoms with Crippen molar-refractivity contribution in [3.63, 3.8) is 0 Å². The molecule has 0 aliphatic carbocycles. The summed E-state index contributed by atoms with van der Waals surface area (Å²) < 4.78 is 1.94. The molecule has 1 aliphatic heterocycles. The molecule has 2 heterocycles. The van der Waals surface area contributed by atoms with Crippen LogP contribution in [0.3, 0.4) is 0 Å². The number of nitrogens with zero attached hydrogens (tertiary/aromatic N) is 3. The maximum atomic E-state index is 12.8. The predicted octanol–water partition coefficient (Wildman–Crippen LogP) is 3.21. The number of benzene rings is 1. The minimum atomic E-state index is -0.0274. The summed E-state index contributed by atoms with van der Waals surface area (Å²) in [5, 5.41) is 7.69. The molecule has 0 spiro atoms. The number of rotatable bonds is 4. The molecule has 0 bridgehead atoms. The molecule has 1 unspecified atom stereocenters. The first-order chi connectivity index (χ1) is 11.6. The van der Waals surface area contributed by atoms with Crippen LogP contribution >= 0.6 is 0 Å². The summed E-state index contributed by atoms with van der Waals surface area (Å²) >= 11 is 0. The Hall–Kier alpha value is -2.30. The van der Waals surface area contributed by atoms with Crippen LogP contribution in [0.15, 0.2) is 24.3 Å². The van der Waals surface area contributed by atoms with Crippen LogP contribution in [0.25, 0.3) is 0 Å². The summed E-state index contributed by atoms with van der Waals surface area (Å²) in [5.74, 6) is 0. The van der Waals surface area contributed by atoms with Gasteiger partial charge in [0.15, 0.2) is 0 Å². The van der Waals surface area contributed by atoms with Crippen LogP contribution in [0.1, 0.15) is 43.3 Å². The van der Waals surface area contributed by atoms with Crippen molar-refractivity contribution < 1.29 is 4.79 Å². The van der Waals surface area contributed by atoms with Crippen molar-refractivity contribution in [1.82, 2.24) is 15.1 Å². The van der Waals surface area contributed by atoms with E-state index in [9.17, 15) is 4.79 Å². The Morgan fingerprint density at radius 1 is 1.29 bits per heavy atom. The molecule has 0 saturated carbocycles. The van der Waals surface area contributed by atoms with Crippen molar-refractivity contribution in [1.29, 1.82) is 0 Å². The number of aryl methyl sites for hydroxylation is 2. The van der Waals surface area contributed by atoms with Crippen molar-refractivity contribution in [2.45, 2.75) is 52.6 Å². The van der Waals surface area contributed by atoms with Gasteiger partial charge in [0.05, 0.1) is 5.69 Å². The van der Waals surface area contributed by atoms with E-state index in [-0.39, 0.29) is 12.1 Å². The number of aromatic nitrogens is 2. The average Bonchev–Trinajstić information content (AvgIpc) is 3.07. The van der Waals surface area contributed by atoms with E-state index in [0.717, 1.165) is 36.2 Å². The van der Waals surface area contributed by atoms with Crippen molar-refractivity contribution in [3.05, 3.63) is 46.8 Å². The van der Waals surface area contributed by atoms with E-state index < -0.39 is 0 Å². The SMILES string of the molecule is CCc1nn(C)c(CC)c1CNC(=O)N1c2ccccc2CC1C. The van der Waals surface area contributed by atoms with Crippen LogP contribution in [0.4, 0.5) is 10.5 Å². The van der Waals surface area contributed by atoms with E-state index in [1.54, 1.807) is 0 Å². The topological polar surface area (TPSA) is 50.2 Å². The number of hydrogen-bond donors (Lipinski definition) is 1. The van der Waals surface area contributed by atoms with Crippen LogP contribution in [0.2, 0.25) is 0 Å². The minimum absolute atomic E-state index is 0.0274. The monoisotopic (exact) mass is 326 g/mol. The number of hydrogen-bond acceptors (Lipinski definition) is 2. The van der Waals surface area contributed by atoms with Crippen molar-refractivity contribution in [2.75, 3.05) is 4.90 Å². The second-order valence-electron chi connectivity index (χ2n) is 6.41. The van der Waals surface area contributed by atoms with E-state index in [1.807, 2.05) is 34.8 Å². The standard InChI is InChI=1S/C19H26N4O/c1-5-16-15(17(6-2)22(4)21-16)12-20-19(24)23-13(3)11-14-9-7-8-10-18(14)23/h7-10,13H,5-6,11-12H2,1-4H3,(H,20,24). The summed E-state index contributed by atoms with van der Waals surface area (Å²) in [6.45, 7) is 6.86. The lowest BCUT2D eigenvalue weighted by Gasteiger charge is -2.23. The van der Waals surface area contributed by atoms with Crippen molar-refractivity contribution in [3.8, 4) is 0 Å². The Morgan fingerprint density at radius 3 is 2.75 bits per heavy atom. The molecule has 0 fully saturated rings. The van der Waals surface area contributed by atoms with Gasteiger partial charge in [-0.1, -0.05) is 32.0 Å². The molecular weight excluding hydrogens is 300 g/mol. The number of urea groups is 1. The van der Waals surface area contributed by atoms with Crippen LogP contribution in [-0.4, -0.2) is 21.9 Å². The Kier molecular flexibility index (Phi) is 4.60. The maximum Gasteiger partial charge on any atom is 0.322 e. The lowest BCUT2D eigenvalue weighted by atomic mass is 10.1. The quantitative estimate of drug-likeness (QED) is 0.938. The summed E-state index contributed by atoms with van der Waals surface area (Å²) in [7, 11) is 1.97. The van der Waals surface area contributed by atoms with E-state index in [4.69, 9.17) is 0 Å². The highest BCUT2D eigenvalue weighted by Crippen LogP contribution is 2.31. The number of para-hydroxylation sites is 1. The van der Waals surface area contributed by atoms with Crippen molar-refractivity contribution >= 4 is 11.7 Å². The number of fused-ring (bicyclic) bond motifs is 1. The first-order valence-electron chi connectivity index (χ1n) is 8.75. The fraction of sp³-hybridized carbons (Fsp3) is 0.474. The molecule has 5 nitrogen and oxygen atoms in total. The third-order valence-electron chi connectivity index (χ3n) is 4.87. The van der Waals surface area contributed by atoms with Gasteiger partial charge < -0.3 is 5.32 Å². The molecule has 3 rings (SSSR count). The third-order valence-corrected chi connectivity index (χ3v) is 4.87. The number of carbonyl (C=O) groups excluding carboxylic acids is 1. The molecule has 2 amide bonds. The lowest BCUT2D eigenvalue weighted by Crippen LogP contribution is -2.43. The number of amides is 2. The minimum Gasteiger partial charge on any atom is -0.333 e. The second-order valence-corrected chi connectivity index (χ2v) is 6.41. The highest BCUT2D eigenvalue weighted by molar-refractivity contribution is 5.94. The average molecular weight is 326 g/mol. The van der Waals surface area contributed by atoms with Gasteiger partial charge in [-0.25, -0.2) is 4.79 Å². The summed E-state index contributed by atoms with van der Waals surface area (Å²) in [6.07, 6.45) is 2.70. The van der Waals surface area contributed by atoms with Gasteiger partial charge in [0.2, 0.25) is 0 Å². The predicted molar refractivity (Wildman–Crippen MR) is 96.3 cm³/mol. The molecular formula is C19H26N4O. The number of anilines is 1. The summed E-state index contributed by atoms with van der Waals surface area (Å²) in [5.41, 5.74) is 5.70. The summed E-state index contributed by atoms with van der Waals surface area (Å²) in [4.78, 5) is 14.7. The van der Waals surface area contributed by atoms with E-state index in [1.165, 1.54) is 11.3 Å². The zero-order valence-electron chi connectivity index (χ0n) is 15.0. The summed E-state index contributed by atoms with van der Waals surface area (Å²) in [6, 6.07) is 8.31. The number of nitrogens with one attached hydrogen (secondary N) is 1. The van der Waals surface area contributed by atoms with Gasteiger partial charge in [-0.2, -0.15) is 5.10 Å². The molecule has 1 aromatic heterocycles. The van der Waals surface area contributed by atoms with Crippen molar-refractivity contribution in [2.24, 2.45) is 7.05 Å². The Morgan fingerprint density at radius 2 is 2.04 bits per heavy atom. The molecule has 1 aliphatic rings. The fourth-order valence-electron chi connectivity index (χ4n) is 3.72. The number of carbonyl (C=O) groups is 1. The normalized spacial score (nSPS) is 16.3. The third kappa shape index (κ3) is 2.79. The molecule has 1 N–H and O–H groups in total. The first kappa shape index (κ1) is 16.6. The van der Waals surface area contributed by atoms with E-state index in [2.05, 4.69) is 37.3 Å². The van der Waals surface area contributed by atoms with Gasteiger partial charge in [0, 0.05) is 36.6 Å². The maximum absolute atomic E-state index is 12.8. The van der Waals surface area contributed by atoms with Gasteiger partial charge >= 0.3 is 6.03 Å². The van der Waals surface area contributed by atoms with Gasteiger partial charge in [-0.05, 0) is 37.8 Å². The van der Waals surface area contributed by atoms with Gasteiger partial charge in [0.1, 0.15) is 0 Å². The Bertz CT molecular complexity index is 750. The van der Waals surface area contributed by atoms with Crippen LogP contribution < -0.4 is 10.2 Å². The Balaban J connectivity index is 1.77. The molecule has 2 aromatic rings. The zero-order chi connectivity index (χ0) is 17.3. The fourth-order valence-corrected chi connectivity index (χ4v) is 3.72. The van der Waals surface area contributed by atoms with Crippen LogP contribution in [-0.2, 0) is 32.9 Å². The highest BCUT2D eigenvalue weighted by atomic mass is 16.2. The zero-order valence-corrected chi connectivity index (χ0v) is 15.0. The highest BCUT2D eigenvalue weighted by Gasteiger charge is 2.30. The van der Waals surface area contributed by atoms with E-state index >= 15 is 0 Å². The first-order valence-corrected chi connectivity index (χ1v) is 8.75. The molecule has 1 aromatic carbocycles. The van der Waals surface area contributed by atoms with E-state index in [0.29, 0.717) is 6.54 Å². The smallest absolute Gasteiger partial charge is 0.322 e. The second kappa shape index (κ2) is 6.67. The van der Waals surface area contributed by atoms with Gasteiger partial charge in [0.25, 0.3) is 0 Å². The van der Waals surface area contributed by atoms with Gasteiger partial charge in [-0.15, -0.1) is 0 Å². The largest absolute Gasteiger partial charge is 0.333 e. The molecule has 0 radical (unpaired) electrons. The van der Waals surface area contributed by atoms with Gasteiger partial charge in [-0.3, -0.25) is 9.58 Å².